The second-order valence-electron chi connectivity index (χ2n) is 6.79. The van der Waals surface area contributed by atoms with Gasteiger partial charge in [0.25, 0.3) is 5.91 Å². The van der Waals surface area contributed by atoms with Crippen molar-refractivity contribution in [3.05, 3.63) is 41.2 Å². The monoisotopic (exact) mass is 366 g/mol. The summed E-state index contributed by atoms with van der Waals surface area (Å²) in [5.74, 6) is 0.298. The number of carbonyl (C=O) groups excluding carboxylic acids is 2. The van der Waals surface area contributed by atoms with Crippen LogP contribution in [0.5, 0.6) is 5.75 Å². The van der Waals surface area contributed by atoms with Gasteiger partial charge in [0, 0.05) is 24.2 Å². The van der Waals surface area contributed by atoms with Gasteiger partial charge in [-0.2, -0.15) is 4.89 Å². The zero-order valence-corrected chi connectivity index (χ0v) is 15.1. The van der Waals surface area contributed by atoms with Crippen LogP contribution in [-0.2, 0) is 16.0 Å². The molecular weight excluding hydrogens is 343 g/mol. The summed E-state index contributed by atoms with van der Waals surface area (Å²) >= 11 is 0. The molecule has 0 aromatic heterocycles. The molecule has 2 rings (SSSR count). The van der Waals surface area contributed by atoms with Crippen molar-refractivity contribution >= 4 is 12.0 Å². The molecule has 142 valence electrons. The first-order valence-electron chi connectivity index (χ1n) is 8.24. The molecule has 0 atom stereocenters. The third-order valence-corrected chi connectivity index (χ3v) is 3.41. The number of benzene rings is 1. The number of hydrogen-bond acceptors (Lipinski definition) is 5. The average Bonchev–Trinajstić information content (AvgIpc) is 2.56. The second-order valence-corrected chi connectivity index (χ2v) is 6.79. The van der Waals surface area contributed by atoms with E-state index in [2.05, 4.69) is 10.6 Å². The van der Waals surface area contributed by atoms with Gasteiger partial charge in [-0.05, 0) is 51.0 Å². The van der Waals surface area contributed by atoms with E-state index in [4.69, 9.17) is 14.5 Å². The van der Waals surface area contributed by atoms with E-state index in [0.29, 0.717) is 30.6 Å². The summed E-state index contributed by atoms with van der Waals surface area (Å²) in [7, 11) is 0. The molecule has 1 heterocycles. The summed E-state index contributed by atoms with van der Waals surface area (Å²) in [6.45, 7) is 5.52. The lowest BCUT2D eigenvalue weighted by Gasteiger charge is -2.20. The molecule has 0 radical (unpaired) electrons. The number of halogens is 1. The quantitative estimate of drug-likeness (QED) is 0.597. The molecule has 26 heavy (non-hydrogen) atoms. The molecule has 7 nitrogen and oxygen atoms in total. The number of amides is 2. The molecular formula is C18H23FN2O5. The third-order valence-electron chi connectivity index (χ3n) is 3.41. The first kappa shape index (κ1) is 19.7. The van der Waals surface area contributed by atoms with E-state index in [1.54, 1.807) is 39.0 Å². The largest absolute Gasteiger partial charge is 0.444 e. The van der Waals surface area contributed by atoms with Crippen LogP contribution in [0.2, 0.25) is 0 Å². The second kappa shape index (κ2) is 8.66. The van der Waals surface area contributed by atoms with Crippen molar-refractivity contribution in [1.82, 2.24) is 10.6 Å². The Morgan fingerprint density at radius 2 is 2.15 bits per heavy atom. The van der Waals surface area contributed by atoms with Crippen molar-refractivity contribution in [2.24, 2.45) is 0 Å². The number of rotatable bonds is 6. The van der Waals surface area contributed by atoms with Crippen molar-refractivity contribution in [1.29, 1.82) is 0 Å². The maximum Gasteiger partial charge on any atom is 0.407 e. The minimum Gasteiger partial charge on any atom is -0.444 e. The van der Waals surface area contributed by atoms with Crippen molar-refractivity contribution in [3.8, 4) is 5.75 Å². The van der Waals surface area contributed by atoms with Crippen LogP contribution in [-0.4, -0.2) is 37.3 Å². The van der Waals surface area contributed by atoms with E-state index < -0.39 is 11.7 Å². The van der Waals surface area contributed by atoms with Crippen molar-refractivity contribution in [2.75, 3.05) is 19.7 Å². The van der Waals surface area contributed by atoms with Gasteiger partial charge in [0.15, 0.2) is 5.75 Å². The Morgan fingerprint density at radius 1 is 1.38 bits per heavy atom. The minimum atomic E-state index is -0.647. The van der Waals surface area contributed by atoms with Crippen LogP contribution in [0, 0.1) is 0 Å². The molecule has 2 amide bonds. The SMILES string of the molecule is CC(C)(C)OC(=O)NC/C(=C\F)COOc1ccc2c(c1)CCNC2=O. The minimum absolute atomic E-state index is 0.0703. The highest BCUT2D eigenvalue weighted by Crippen LogP contribution is 2.21. The molecule has 0 fully saturated rings. The van der Waals surface area contributed by atoms with Gasteiger partial charge in [0.05, 0.1) is 6.33 Å². The molecule has 0 saturated carbocycles. The number of nitrogens with one attached hydrogen (secondary N) is 2. The highest BCUT2D eigenvalue weighted by atomic mass is 19.1. The number of hydrogen-bond donors (Lipinski definition) is 2. The summed E-state index contributed by atoms with van der Waals surface area (Å²) in [6.07, 6.45) is 0.400. The molecule has 0 spiro atoms. The number of fused-ring (bicyclic) bond motifs is 1. The molecule has 1 aliphatic heterocycles. The van der Waals surface area contributed by atoms with E-state index in [9.17, 15) is 14.0 Å². The van der Waals surface area contributed by atoms with Gasteiger partial charge < -0.3 is 20.3 Å². The van der Waals surface area contributed by atoms with E-state index in [1.807, 2.05) is 0 Å². The van der Waals surface area contributed by atoms with Crippen LogP contribution in [0.1, 0.15) is 36.7 Å². The number of alkyl carbamates (subject to hydrolysis) is 1. The molecule has 0 saturated heterocycles. The zero-order valence-electron chi connectivity index (χ0n) is 15.1. The molecule has 0 aliphatic carbocycles. The Morgan fingerprint density at radius 3 is 2.85 bits per heavy atom. The number of ether oxygens (including phenoxy) is 1. The molecule has 1 aliphatic rings. The molecule has 8 heteroatoms. The Bertz CT molecular complexity index is 697. The highest BCUT2D eigenvalue weighted by Gasteiger charge is 2.18. The van der Waals surface area contributed by atoms with Gasteiger partial charge in [-0.15, -0.1) is 0 Å². The third kappa shape index (κ3) is 6.03. The fourth-order valence-corrected chi connectivity index (χ4v) is 2.25. The lowest BCUT2D eigenvalue weighted by Crippen LogP contribution is -2.34. The van der Waals surface area contributed by atoms with E-state index in [-0.39, 0.29) is 24.6 Å². The van der Waals surface area contributed by atoms with Crippen LogP contribution in [0.15, 0.2) is 30.1 Å². The molecule has 0 unspecified atom stereocenters. The van der Waals surface area contributed by atoms with Crippen molar-refractivity contribution in [2.45, 2.75) is 32.8 Å². The average molecular weight is 366 g/mol. The van der Waals surface area contributed by atoms with Gasteiger partial charge in [0.1, 0.15) is 12.2 Å². The fourth-order valence-electron chi connectivity index (χ4n) is 2.25. The summed E-state index contributed by atoms with van der Waals surface area (Å²) in [6, 6.07) is 4.96. The van der Waals surface area contributed by atoms with E-state index in [1.165, 1.54) is 0 Å². The molecule has 1 aromatic rings. The van der Waals surface area contributed by atoms with Crippen molar-refractivity contribution in [3.63, 3.8) is 0 Å². The van der Waals surface area contributed by atoms with Gasteiger partial charge in [-0.3, -0.25) is 4.79 Å². The normalized spacial score (nSPS) is 14.3. The lowest BCUT2D eigenvalue weighted by molar-refractivity contribution is -0.198. The predicted octanol–water partition coefficient (Wildman–Crippen LogP) is 2.66. The lowest BCUT2D eigenvalue weighted by atomic mass is 10.0. The standard InChI is InChI=1S/C18H23FN2O5/c1-18(2,3)25-17(23)21-10-12(9-19)11-24-26-14-4-5-15-13(8-14)6-7-20-16(15)22/h4-5,8-9H,6-7,10-11H2,1-3H3,(H,20,22)(H,21,23)/b12-9+. The van der Waals surface area contributed by atoms with E-state index in [0.717, 1.165) is 5.56 Å². The Hall–Kier alpha value is -2.61. The highest BCUT2D eigenvalue weighted by molar-refractivity contribution is 5.96. The smallest absolute Gasteiger partial charge is 0.407 e. The maximum atomic E-state index is 12.9. The summed E-state index contributed by atoms with van der Waals surface area (Å²) in [4.78, 5) is 33.4. The predicted molar refractivity (Wildman–Crippen MR) is 92.5 cm³/mol. The van der Waals surface area contributed by atoms with Gasteiger partial charge in [0.2, 0.25) is 0 Å². The summed E-state index contributed by atoms with van der Waals surface area (Å²) in [5, 5.41) is 5.19. The molecule has 2 N–H and O–H groups in total. The zero-order chi connectivity index (χ0) is 19.2. The van der Waals surface area contributed by atoms with Crippen LogP contribution in [0.3, 0.4) is 0 Å². The van der Waals surface area contributed by atoms with Crippen LogP contribution < -0.4 is 15.5 Å². The fraction of sp³-hybridized carbons (Fsp3) is 0.444. The van der Waals surface area contributed by atoms with Crippen LogP contribution in [0.25, 0.3) is 0 Å². The van der Waals surface area contributed by atoms with E-state index >= 15 is 0 Å². The summed E-state index contributed by atoms with van der Waals surface area (Å²) in [5.41, 5.74) is 1.01. The van der Waals surface area contributed by atoms with Gasteiger partial charge >= 0.3 is 6.09 Å². The van der Waals surface area contributed by atoms with Crippen molar-refractivity contribution < 1.29 is 28.5 Å². The van der Waals surface area contributed by atoms with Crippen LogP contribution in [0.4, 0.5) is 9.18 Å². The first-order chi connectivity index (χ1) is 12.3. The van der Waals surface area contributed by atoms with Gasteiger partial charge in [-0.1, -0.05) is 0 Å². The first-order valence-corrected chi connectivity index (χ1v) is 8.24. The van der Waals surface area contributed by atoms with Gasteiger partial charge in [-0.25, -0.2) is 9.18 Å². The van der Waals surface area contributed by atoms with Crippen LogP contribution >= 0.6 is 0 Å². The molecule has 1 aromatic carbocycles. The Kier molecular flexibility index (Phi) is 6.57. The number of carbonyl (C=O) groups is 2. The Labute approximate surface area is 151 Å². The molecule has 0 bridgehead atoms. The summed E-state index contributed by atoms with van der Waals surface area (Å²) < 4.78 is 18.0. The Balaban J connectivity index is 1.79. The maximum absolute atomic E-state index is 12.9. The topological polar surface area (TPSA) is 85.9 Å².